The van der Waals surface area contributed by atoms with E-state index in [0.717, 1.165) is 18.5 Å². The number of anilines is 1. The monoisotopic (exact) mass is 275 g/mol. The second-order valence-electron chi connectivity index (χ2n) is 5.54. The van der Waals surface area contributed by atoms with Gasteiger partial charge in [0.05, 0.1) is 6.33 Å². The Bertz CT molecular complexity index is 722. The molecular formula is C18H17N3. The maximum absolute atomic E-state index is 4.10. The van der Waals surface area contributed by atoms with Gasteiger partial charge in [0.1, 0.15) is 0 Å². The van der Waals surface area contributed by atoms with Gasteiger partial charge in [-0.15, -0.1) is 0 Å². The molecule has 21 heavy (non-hydrogen) atoms. The van der Waals surface area contributed by atoms with Gasteiger partial charge in [0.15, 0.2) is 0 Å². The van der Waals surface area contributed by atoms with E-state index in [1.165, 1.54) is 16.8 Å². The second-order valence-corrected chi connectivity index (χ2v) is 5.54. The fourth-order valence-electron chi connectivity index (χ4n) is 3.06. The molecule has 0 spiro atoms. The zero-order valence-electron chi connectivity index (χ0n) is 11.7. The van der Waals surface area contributed by atoms with Crippen LogP contribution in [0.15, 0.2) is 67.3 Å². The SMILES string of the molecule is c1cc(NC2Cc3ccccc3C2)cc(-n2ccnc2)c1. The molecule has 3 heteroatoms. The number of nitrogens with zero attached hydrogens (tertiary/aromatic N) is 2. The van der Waals surface area contributed by atoms with Crippen LogP contribution in [0.2, 0.25) is 0 Å². The summed E-state index contributed by atoms with van der Waals surface area (Å²) < 4.78 is 2.02. The number of imidazole rings is 1. The van der Waals surface area contributed by atoms with Gasteiger partial charge in [0, 0.05) is 29.8 Å². The molecule has 2 aromatic carbocycles. The van der Waals surface area contributed by atoms with E-state index in [2.05, 4.69) is 58.8 Å². The molecule has 0 amide bonds. The van der Waals surface area contributed by atoms with Gasteiger partial charge in [-0.1, -0.05) is 30.3 Å². The molecule has 1 heterocycles. The number of aromatic nitrogens is 2. The summed E-state index contributed by atoms with van der Waals surface area (Å²) in [6, 6.07) is 17.7. The van der Waals surface area contributed by atoms with Crippen molar-refractivity contribution in [2.45, 2.75) is 18.9 Å². The third-order valence-corrected chi connectivity index (χ3v) is 4.07. The lowest BCUT2D eigenvalue weighted by atomic mass is 10.1. The lowest BCUT2D eigenvalue weighted by Gasteiger charge is -2.14. The molecule has 104 valence electrons. The lowest BCUT2D eigenvalue weighted by molar-refractivity contribution is 0.774. The highest BCUT2D eigenvalue weighted by atomic mass is 15.0. The summed E-state index contributed by atoms with van der Waals surface area (Å²) in [5.41, 5.74) is 5.24. The average molecular weight is 275 g/mol. The summed E-state index contributed by atoms with van der Waals surface area (Å²) >= 11 is 0. The minimum absolute atomic E-state index is 0.487. The highest BCUT2D eigenvalue weighted by Gasteiger charge is 2.20. The molecule has 0 bridgehead atoms. The molecule has 0 unspecified atom stereocenters. The number of hydrogen-bond acceptors (Lipinski definition) is 2. The van der Waals surface area contributed by atoms with Gasteiger partial charge in [-0.25, -0.2) is 4.98 Å². The zero-order valence-corrected chi connectivity index (χ0v) is 11.7. The standard InChI is InChI=1S/C18H17N3/c1-2-5-15-11-17(10-14(15)4-1)20-16-6-3-7-18(12-16)21-9-8-19-13-21/h1-9,12-13,17,20H,10-11H2. The largest absolute Gasteiger partial charge is 0.382 e. The van der Waals surface area contributed by atoms with E-state index < -0.39 is 0 Å². The summed E-state index contributed by atoms with van der Waals surface area (Å²) in [7, 11) is 0. The Morgan fingerprint density at radius 3 is 2.52 bits per heavy atom. The first-order chi connectivity index (χ1) is 10.4. The fraction of sp³-hybridized carbons (Fsp3) is 0.167. The summed E-state index contributed by atoms with van der Waals surface area (Å²) in [5.74, 6) is 0. The molecule has 0 fully saturated rings. The smallest absolute Gasteiger partial charge is 0.0991 e. The Hall–Kier alpha value is -2.55. The molecule has 0 saturated carbocycles. The fourth-order valence-corrected chi connectivity index (χ4v) is 3.06. The van der Waals surface area contributed by atoms with Crippen LogP contribution in [0.1, 0.15) is 11.1 Å². The first-order valence-corrected chi connectivity index (χ1v) is 7.30. The van der Waals surface area contributed by atoms with Crippen LogP contribution < -0.4 is 5.32 Å². The molecule has 1 aliphatic rings. The highest BCUT2D eigenvalue weighted by Crippen LogP contribution is 2.25. The van der Waals surface area contributed by atoms with Crippen molar-refractivity contribution in [3.63, 3.8) is 0 Å². The number of rotatable bonds is 3. The predicted octanol–water partition coefficient (Wildman–Crippen LogP) is 3.45. The van der Waals surface area contributed by atoms with Crippen LogP contribution in [0.3, 0.4) is 0 Å². The van der Waals surface area contributed by atoms with Crippen molar-refractivity contribution in [1.29, 1.82) is 0 Å². The Labute approximate surface area is 124 Å². The van der Waals surface area contributed by atoms with Crippen LogP contribution in [0.25, 0.3) is 5.69 Å². The number of benzene rings is 2. The van der Waals surface area contributed by atoms with E-state index >= 15 is 0 Å². The van der Waals surface area contributed by atoms with Gasteiger partial charge < -0.3 is 9.88 Å². The van der Waals surface area contributed by atoms with Gasteiger partial charge in [-0.3, -0.25) is 0 Å². The van der Waals surface area contributed by atoms with Crippen LogP contribution >= 0.6 is 0 Å². The van der Waals surface area contributed by atoms with Crippen LogP contribution in [-0.4, -0.2) is 15.6 Å². The molecule has 4 rings (SSSR count). The van der Waals surface area contributed by atoms with E-state index in [4.69, 9.17) is 0 Å². The van der Waals surface area contributed by atoms with E-state index in [0.29, 0.717) is 6.04 Å². The van der Waals surface area contributed by atoms with Crippen molar-refractivity contribution >= 4 is 5.69 Å². The number of fused-ring (bicyclic) bond motifs is 1. The van der Waals surface area contributed by atoms with Crippen LogP contribution in [0.5, 0.6) is 0 Å². The Kier molecular flexibility index (Phi) is 2.96. The minimum Gasteiger partial charge on any atom is -0.382 e. The Morgan fingerprint density at radius 1 is 1.00 bits per heavy atom. The average Bonchev–Trinajstić information content (AvgIpc) is 3.16. The van der Waals surface area contributed by atoms with Gasteiger partial charge in [0.25, 0.3) is 0 Å². The molecule has 1 aromatic heterocycles. The third-order valence-electron chi connectivity index (χ3n) is 4.07. The van der Waals surface area contributed by atoms with Gasteiger partial charge in [-0.2, -0.15) is 0 Å². The quantitative estimate of drug-likeness (QED) is 0.793. The van der Waals surface area contributed by atoms with E-state index in [1.807, 2.05) is 17.1 Å². The predicted molar refractivity (Wildman–Crippen MR) is 84.8 cm³/mol. The van der Waals surface area contributed by atoms with Crippen molar-refractivity contribution in [2.75, 3.05) is 5.32 Å². The molecule has 1 N–H and O–H groups in total. The van der Waals surface area contributed by atoms with Crippen LogP contribution in [-0.2, 0) is 12.8 Å². The van der Waals surface area contributed by atoms with Crippen LogP contribution in [0, 0.1) is 0 Å². The zero-order chi connectivity index (χ0) is 14.1. The highest BCUT2D eigenvalue weighted by molar-refractivity contribution is 5.53. The van der Waals surface area contributed by atoms with Crippen molar-refractivity contribution in [3.8, 4) is 5.69 Å². The number of hydrogen-bond donors (Lipinski definition) is 1. The van der Waals surface area contributed by atoms with E-state index in [9.17, 15) is 0 Å². The molecular weight excluding hydrogens is 258 g/mol. The maximum Gasteiger partial charge on any atom is 0.0991 e. The summed E-state index contributed by atoms with van der Waals surface area (Å²) in [4.78, 5) is 4.10. The molecule has 0 radical (unpaired) electrons. The molecule has 0 saturated heterocycles. The van der Waals surface area contributed by atoms with Gasteiger partial charge in [0.2, 0.25) is 0 Å². The van der Waals surface area contributed by atoms with Crippen molar-refractivity contribution in [3.05, 3.63) is 78.4 Å². The van der Waals surface area contributed by atoms with Gasteiger partial charge >= 0.3 is 0 Å². The molecule has 1 aliphatic carbocycles. The van der Waals surface area contributed by atoms with Crippen molar-refractivity contribution < 1.29 is 0 Å². The maximum atomic E-state index is 4.10. The van der Waals surface area contributed by atoms with E-state index in [-0.39, 0.29) is 0 Å². The first kappa shape index (κ1) is 12.2. The second kappa shape index (κ2) is 5.09. The molecule has 0 atom stereocenters. The molecule has 3 nitrogen and oxygen atoms in total. The van der Waals surface area contributed by atoms with E-state index in [1.54, 1.807) is 6.20 Å². The minimum atomic E-state index is 0.487. The normalized spacial score (nSPS) is 14.1. The number of nitrogens with one attached hydrogen (secondary N) is 1. The summed E-state index contributed by atoms with van der Waals surface area (Å²) in [5, 5.41) is 3.66. The van der Waals surface area contributed by atoms with Crippen molar-refractivity contribution in [1.82, 2.24) is 9.55 Å². The van der Waals surface area contributed by atoms with Gasteiger partial charge in [-0.05, 0) is 42.2 Å². The summed E-state index contributed by atoms with van der Waals surface area (Å²) in [6.45, 7) is 0. The molecule has 0 aliphatic heterocycles. The topological polar surface area (TPSA) is 29.9 Å². The van der Waals surface area contributed by atoms with Crippen LogP contribution in [0.4, 0.5) is 5.69 Å². The third kappa shape index (κ3) is 2.42. The first-order valence-electron chi connectivity index (χ1n) is 7.30. The Morgan fingerprint density at radius 2 is 1.81 bits per heavy atom. The lowest BCUT2D eigenvalue weighted by Crippen LogP contribution is -2.19. The summed E-state index contributed by atoms with van der Waals surface area (Å²) in [6.07, 6.45) is 7.79. The Balaban J connectivity index is 1.53. The van der Waals surface area contributed by atoms with Crippen molar-refractivity contribution in [2.24, 2.45) is 0 Å². The molecule has 3 aromatic rings.